The van der Waals surface area contributed by atoms with Crippen molar-refractivity contribution in [3.63, 3.8) is 0 Å². The van der Waals surface area contributed by atoms with Crippen molar-refractivity contribution in [2.24, 2.45) is 0 Å². The maximum absolute atomic E-state index is 12.9. The monoisotopic (exact) mass is 472 g/mol. The fraction of sp³-hybridized carbons (Fsp3) is 0.278. The smallest absolute Gasteiger partial charge is 0.243 e. The third-order valence-electron chi connectivity index (χ3n) is 3.77. The summed E-state index contributed by atoms with van der Waals surface area (Å²) < 4.78 is 27.9. The van der Waals surface area contributed by atoms with Crippen LogP contribution in [0.25, 0.3) is 0 Å². The van der Waals surface area contributed by atoms with Gasteiger partial charge in [-0.2, -0.15) is 4.31 Å². The van der Waals surface area contributed by atoms with Gasteiger partial charge in [-0.15, -0.1) is 0 Å². The number of amides is 1. The van der Waals surface area contributed by atoms with E-state index in [1.165, 1.54) is 7.05 Å². The Morgan fingerprint density at radius 3 is 2.12 bits per heavy atom. The SMILES string of the molecule is Cc1cc(C)c(S(=O)(=O)N(C)CC(=O)Nc2ccc(I)cc2)c(C)c1. The molecule has 0 bridgehead atoms. The second-order valence-electron chi connectivity index (χ2n) is 6.04. The lowest BCUT2D eigenvalue weighted by atomic mass is 10.1. The van der Waals surface area contributed by atoms with Crippen molar-refractivity contribution in [3.05, 3.63) is 56.7 Å². The van der Waals surface area contributed by atoms with Crippen LogP contribution in [0.15, 0.2) is 41.3 Å². The van der Waals surface area contributed by atoms with Crippen LogP contribution in [0.5, 0.6) is 0 Å². The molecule has 134 valence electrons. The van der Waals surface area contributed by atoms with Crippen molar-refractivity contribution in [1.82, 2.24) is 4.31 Å². The Bertz CT molecular complexity index is 870. The Morgan fingerprint density at radius 1 is 1.08 bits per heavy atom. The molecule has 0 heterocycles. The average molecular weight is 472 g/mol. The molecule has 0 aromatic heterocycles. The lowest BCUT2D eigenvalue weighted by molar-refractivity contribution is -0.116. The Morgan fingerprint density at radius 2 is 1.60 bits per heavy atom. The molecule has 2 aromatic rings. The van der Waals surface area contributed by atoms with Crippen LogP contribution in [0.2, 0.25) is 0 Å². The molecule has 0 aliphatic rings. The van der Waals surface area contributed by atoms with Crippen molar-refractivity contribution < 1.29 is 13.2 Å². The van der Waals surface area contributed by atoms with Crippen LogP contribution in [0.1, 0.15) is 16.7 Å². The highest BCUT2D eigenvalue weighted by Gasteiger charge is 2.26. The van der Waals surface area contributed by atoms with Gasteiger partial charge in [-0.3, -0.25) is 4.79 Å². The van der Waals surface area contributed by atoms with Crippen LogP contribution in [-0.2, 0) is 14.8 Å². The second-order valence-corrected chi connectivity index (χ2v) is 9.27. The van der Waals surface area contributed by atoms with E-state index in [0.29, 0.717) is 16.8 Å². The number of carbonyl (C=O) groups excluding carboxylic acids is 1. The van der Waals surface area contributed by atoms with Gasteiger partial charge in [0.25, 0.3) is 0 Å². The summed E-state index contributed by atoms with van der Waals surface area (Å²) >= 11 is 2.18. The van der Waals surface area contributed by atoms with Gasteiger partial charge >= 0.3 is 0 Å². The Labute approximate surface area is 162 Å². The predicted molar refractivity (Wildman–Crippen MR) is 108 cm³/mol. The van der Waals surface area contributed by atoms with Crippen LogP contribution in [0, 0.1) is 24.3 Å². The summed E-state index contributed by atoms with van der Waals surface area (Å²) in [5, 5.41) is 2.71. The highest BCUT2D eigenvalue weighted by molar-refractivity contribution is 14.1. The number of hydrogen-bond donors (Lipinski definition) is 1. The summed E-state index contributed by atoms with van der Waals surface area (Å²) in [6.45, 7) is 5.22. The summed E-state index contributed by atoms with van der Waals surface area (Å²) in [5.41, 5.74) is 3.01. The van der Waals surface area contributed by atoms with E-state index in [2.05, 4.69) is 27.9 Å². The van der Waals surface area contributed by atoms with E-state index < -0.39 is 10.0 Å². The molecule has 0 fully saturated rings. The summed E-state index contributed by atoms with van der Waals surface area (Å²) in [6.07, 6.45) is 0. The predicted octanol–water partition coefficient (Wildman–Crippen LogP) is 3.48. The standard InChI is InChI=1S/C18H21IN2O3S/c1-12-9-13(2)18(14(3)10-12)25(23,24)21(4)11-17(22)20-16-7-5-15(19)6-8-16/h5-10H,11H2,1-4H3,(H,20,22). The Kier molecular flexibility index (Phi) is 6.23. The summed E-state index contributed by atoms with van der Waals surface area (Å²) in [7, 11) is -2.32. The number of nitrogens with one attached hydrogen (secondary N) is 1. The highest BCUT2D eigenvalue weighted by Crippen LogP contribution is 2.24. The number of aryl methyl sites for hydroxylation is 3. The molecule has 7 heteroatoms. The van der Waals surface area contributed by atoms with Crippen LogP contribution in [0.3, 0.4) is 0 Å². The van der Waals surface area contributed by atoms with Gasteiger partial charge in [-0.1, -0.05) is 17.7 Å². The zero-order valence-electron chi connectivity index (χ0n) is 14.6. The molecule has 2 aromatic carbocycles. The molecule has 0 spiro atoms. The van der Waals surface area contributed by atoms with Crippen molar-refractivity contribution in [3.8, 4) is 0 Å². The highest BCUT2D eigenvalue weighted by atomic mass is 127. The zero-order chi connectivity index (χ0) is 18.8. The van der Waals surface area contributed by atoms with Crippen molar-refractivity contribution >= 4 is 44.2 Å². The number of carbonyl (C=O) groups is 1. The molecule has 1 N–H and O–H groups in total. The summed E-state index contributed by atoms with van der Waals surface area (Å²) in [4.78, 5) is 12.5. The molecule has 0 aliphatic heterocycles. The van der Waals surface area contributed by atoms with E-state index in [9.17, 15) is 13.2 Å². The number of halogens is 1. The molecule has 0 unspecified atom stereocenters. The molecule has 0 radical (unpaired) electrons. The van der Waals surface area contributed by atoms with Crippen molar-refractivity contribution in [2.45, 2.75) is 25.7 Å². The number of likely N-dealkylation sites (N-methyl/N-ethyl adjacent to an activating group) is 1. The maximum Gasteiger partial charge on any atom is 0.243 e. The molecular weight excluding hydrogens is 451 g/mol. The van der Waals surface area contributed by atoms with Gasteiger partial charge in [0.15, 0.2) is 0 Å². The first-order valence-corrected chi connectivity index (χ1v) is 10.2. The van der Waals surface area contributed by atoms with Crippen molar-refractivity contribution in [2.75, 3.05) is 18.9 Å². The van der Waals surface area contributed by atoms with Gasteiger partial charge in [-0.25, -0.2) is 8.42 Å². The van der Waals surface area contributed by atoms with Gasteiger partial charge in [0.1, 0.15) is 0 Å². The van der Waals surface area contributed by atoms with Crippen LogP contribution in [0.4, 0.5) is 5.69 Å². The number of anilines is 1. The van der Waals surface area contributed by atoms with E-state index in [0.717, 1.165) is 13.4 Å². The molecule has 0 aliphatic carbocycles. The topological polar surface area (TPSA) is 66.5 Å². The van der Waals surface area contributed by atoms with Crippen LogP contribution >= 0.6 is 22.6 Å². The van der Waals surface area contributed by atoms with Crippen LogP contribution in [-0.4, -0.2) is 32.2 Å². The van der Waals surface area contributed by atoms with Gasteiger partial charge < -0.3 is 5.32 Å². The fourth-order valence-corrected chi connectivity index (χ4v) is 4.64. The third kappa shape index (κ3) is 4.80. The lowest BCUT2D eigenvalue weighted by Crippen LogP contribution is -2.35. The van der Waals surface area contributed by atoms with Crippen molar-refractivity contribution in [1.29, 1.82) is 0 Å². The summed E-state index contributed by atoms with van der Waals surface area (Å²) in [6, 6.07) is 11.0. The van der Waals surface area contributed by atoms with E-state index in [1.54, 1.807) is 26.0 Å². The van der Waals surface area contributed by atoms with Gasteiger partial charge in [0.2, 0.25) is 15.9 Å². The second kappa shape index (κ2) is 7.84. The lowest BCUT2D eigenvalue weighted by Gasteiger charge is -2.20. The number of nitrogens with zero attached hydrogens (tertiary/aromatic N) is 1. The molecule has 1 amide bonds. The first-order valence-electron chi connectivity index (χ1n) is 7.71. The van der Waals surface area contributed by atoms with E-state index in [1.807, 2.05) is 31.2 Å². The quantitative estimate of drug-likeness (QED) is 0.678. The molecule has 0 saturated carbocycles. The molecule has 0 saturated heterocycles. The molecule has 0 atom stereocenters. The molecule has 2 rings (SSSR count). The van der Waals surface area contributed by atoms with E-state index in [-0.39, 0.29) is 17.3 Å². The minimum atomic E-state index is -3.74. The number of sulfonamides is 1. The Balaban J connectivity index is 2.17. The average Bonchev–Trinajstić information content (AvgIpc) is 2.48. The molecular formula is C18H21IN2O3S. The van der Waals surface area contributed by atoms with Gasteiger partial charge in [0.05, 0.1) is 11.4 Å². The first-order chi connectivity index (χ1) is 11.6. The number of benzene rings is 2. The zero-order valence-corrected chi connectivity index (χ0v) is 17.6. The third-order valence-corrected chi connectivity index (χ3v) is 6.60. The fourth-order valence-electron chi connectivity index (χ4n) is 2.75. The van der Waals surface area contributed by atoms with Crippen LogP contribution < -0.4 is 5.32 Å². The molecule has 25 heavy (non-hydrogen) atoms. The normalized spacial score (nSPS) is 11.6. The summed E-state index contributed by atoms with van der Waals surface area (Å²) in [5.74, 6) is -0.380. The van der Waals surface area contributed by atoms with Gasteiger partial charge in [-0.05, 0) is 78.8 Å². The maximum atomic E-state index is 12.9. The van der Waals surface area contributed by atoms with E-state index >= 15 is 0 Å². The first kappa shape index (κ1) is 19.9. The largest absolute Gasteiger partial charge is 0.325 e. The minimum absolute atomic E-state index is 0.249. The van der Waals surface area contributed by atoms with E-state index in [4.69, 9.17) is 0 Å². The molecule has 5 nitrogen and oxygen atoms in total. The number of rotatable bonds is 5. The number of hydrogen-bond acceptors (Lipinski definition) is 3. The minimum Gasteiger partial charge on any atom is -0.325 e. The van der Waals surface area contributed by atoms with Gasteiger partial charge in [0, 0.05) is 16.3 Å². The Hall–Kier alpha value is -1.45.